The molecule has 0 aliphatic carbocycles. The predicted molar refractivity (Wildman–Crippen MR) is 73.3 cm³/mol. The molecule has 2 aliphatic rings. The summed E-state index contributed by atoms with van der Waals surface area (Å²) < 4.78 is 37.8. The third-order valence-corrected chi connectivity index (χ3v) is 7.94. The van der Waals surface area contributed by atoms with Gasteiger partial charge >= 0.3 is 6.18 Å². The van der Waals surface area contributed by atoms with Crippen molar-refractivity contribution in [1.29, 1.82) is 0 Å². The molecule has 0 N–H and O–H groups in total. The van der Waals surface area contributed by atoms with Crippen LogP contribution < -0.4 is 5.30 Å². The molecule has 2 bridgehead atoms. The Kier molecular flexibility index (Phi) is 3.59. The second-order valence-electron chi connectivity index (χ2n) is 5.62. The Morgan fingerprint density at radius 3 is 1.84 bits per heavy atom. The predicted octanol–water partition coefficient (Wildman–Crippen LogP) is 4.92. The third-order valence-electron chi connectivity index (χ3n) is 4.44. The number of benzene rings is 1. The van der Waals surface area contributed by atoms with Crippen LogP contribution >= 0.6 is 7.92 Å². The Hall–Kier alpha value is -0.560. The molecule has 2 aliphatic heterocycles. The van der Waals surface area contributed by atoms with Crippen LogP contribution in [0.2, 0.25) is 0 Å². The summed E-state index contributed by atoms with van der Waals surface area (Å²) in [4.78, 5) is 0. The van der Waals surface area contributed by atoms with Gasteiger partial charge in [-0.15, -0.1) is 0 Å². The molecule has 0 radical (unpaired) electrons. The van der Waals surface area contributed by atoms with E-state index < -0.39 is 11.7 Å². The highest BCUT2D eigenvalue weighted by molar-refractivity contribution is 7.67. The van der Waals surface area contributed by atoms with Crippen LogP contribution in [-0.2, 0) is 6.18 Å². The lowest BCUT2D eigenvalue weighted by atomic mass is 10.0. The number of rotatable bonds is 1. The fourth-order valence-corrected chi connectivity index (χ4v) is 7.24. The van der Waals surface area contributed by atoms with Crippen molar-refractivity contribution in [2.24, 2.45) is 0 Å². The van der Waals surface area contributed by atoms with Gasteiger partial charge in [0.2, 0.25) is 0 Å². The van der Waals surface area contributed by atoms with E-state index in [4.69, 9.17) is 0 Å². The lowest BCUT2D eigenvalue weighted by molar-refractivity contribution is -0.137. The molecule has 0 amide bonds. The molecule has 2 heterocycles. The standard InChI is InChI=1S/C15H18F3P/c16-15(17,18)11-5-7-14(8-6-11)19-12-3-1-2-4-13(19)10-9-12/h5-8,12-13H,1-4,9-10H2. The van der Waals surface area contributed by atoms with E-state index in [0.29, 0.717) is 0 Å². The van der Waals surface area contributed by atoms with Gasteiger partial charge in [-0.05, 0) is 54.4 Å². The Balaban J connectivity index is 1.86. The van der Waals surface area contributed by atoms with Gasteiger partial charge in [0.1, 0.15) is 0 Å². The fraction of sp³-hybridized carbons (Fsp3) is 0.600. The van der Waals surface area contributed by atoms with Crippen LogP contribution in [0.1, 0.15) is 44.1 Å². The second-order valence-corrected chi connectivity index (χ2v) is 8.41. The molecule has 0 spiro atoms. The van der Waals surface area contributed by atoms with Crippen molar-refractivity contribution in [3.8, 4) is 0 Å². The SMILES string of the molecule is FC(F)(F)c1ccc(P2C3CCCCC2CC3)cc1. The topological polar surface area (TPSA) is 0 Å². The average molecular weight is 286 g/mol. The van der Waals surface area contributed by atoms with E-state index >= 15 is 0 Å². The first kappa shape index (κ1) is 13.4. The molecule has 1 aromatic rings. The lowest BCUT2D eigenvalue weighted by Crippen LogP contribution is -2.14. The maximum Gasteiger partial charge on any atom is 0.416 e. The molecule has 3 rings (SSSR count). The van der Waals surface area contributed by atoms with E-state index in [1.807, 2.05) is 0 Å². The number of hydrogen-bond donors (Lipinski definition) is 0. The lowest BCUT2D eigenvalue weighted by Gasteiger charge is -2.23. The number of fused-ring (bicyclic) bond motifs is 2. The van der Waals surface area contributed by atoms with E-state index in [2.05, 4.69) is 0 Å². The molecule has 0 saturated carbocycles. The first-order valence-electron chi connectivity index (χ1n) is 7.01. The first-order chi connectivity index (χ1) is 9.05. The minimum Gasteiger partial charge on any atom is -0.166 e. The number of hydrogen-bond acceptors (Lipinski definition) is 0. The zero-order valence-electron chi connectivity index (χ0n) is 10.8. The summed E-state index contributed by atoms with van der Waals surface area (Å²) in [5.41, 5.74) is 1.01. The summed E-state index contributed by atoms with van der Waals surface area (Å²) in [6.45, 7) is 0. The van der Waals surface area contributed by atoms with E-state index in [0.717, 1.165) is 11.3 Å². The van der Waals surface area contributed by atoms with Crippen molar-refractivity contribution in [3.05, 3.63) is 29.8 Å². The fourth-order valence-electron chi connectivity index (χ4n) is 3.53. The normalized spacial score (nSPS) is 31.2. The van der Waals surface area contributed by atoms with Crippen molar-refractivity contribution in [2.45, 2.75) is 56.0 Å². The van der Waals surface area contributed by atoms with Crippen LogP contribution in [0, 0.1) is 0 Å². The van der Waals surface area contributed by atoms with Crippen molar-refractivity contribution in [1.82, 2.24) is 0 Å². The maximum atomic E-state index is 12.6. The Labute approximate surface area is 113 Å². The molecule has 2 fully saturated rings. The Morgan fingerprint density at radius 2 is 1.37 bits per heavy atom. The molecule has 2 saturated heterocycles. The van der Waals surface area contributed by atoms with Gasteiger partial charge in [-0.25, -0.2) is 0 Å². The van der Waals surface area contributed by atoms with Crippen LogP contribution in [0.5, 0.6) is 0 Å². The first-order valence-corrected chi connectivity index (χ1v) is 8.49. The van der Waals surface area contributed by atoms with Gasteiger partial charge in [0.05, 0.1) is 5.56 Å². The van der Waals surface area contributed by atoms with Gasteiger partial charge in [-0.1, -0.05) is 32.9 Å². The minimum atomic E-state index is -4.21. The summed E-state index contributed by atoms with van der Waals surface area (Å²) in [5, 5.41) is 1.19. The number of alkyl halides is 3. The summed E-state index contributed by atoms with van der Waals surface area (Å²) in [6.07, 6.45) is 3.54. The van der Waals surface area contributed by atoms with Gasteiger partial charge in [0, 0.05) is 0 Å². The molecule has 4 heteroatoms. The van der Waals surface area contributed by atoms with Crippen molar-refractivity contribution < 1.29 is 13.2 Å². The highest BCUT2D eigenvalue weighted by Gasteiger charge is 2.38. The van der Waals surface area contributed by atoms with Gasteiger partial charge in [0.25, 0.3) is 0 Å². The van der Waals surface area contributed by atoms with E-state index in [1.54, 1.807) is 12.1 Å². The molecule has 1 aromatic carbocycles. The molecular formula is C15H18F3P. The van der Waals surface area contributed by atoms with Gasteiger partial charge < -0.3 is 0 Å². The van der Waals surface area contributed by atoms with E-state index in [-0.39, 0.29) is 7.92 Å². The summed E-state index contributed by atoms with van der Waals surface area (Å²) in [6, 6.07) is 6.01. The minimum absolute atomic E-state index is 0.220. The van der Waals surface area contributed by atoms with Crippen LogP contribution in [0.15, 0.2) is 24.3 Å². The Bertz CT molecular complexity index is 424. The quantitative estimate of drug-likeness (QED) is 0.643. The van der Waals surface area contributed by atoms with Crippen molar-refractivity contribution in [2.75, 3.05) is 0 Å². The Morgan fingerprint density at radius 1 is 0.842 bits per heavy atom. The van der Waals surface area contributed by atoms with Gasteiger partial charge in [0.15, 0.2) is 0 Å². The molecule has 0 nitrogen and oxygen atoms in total. The largest absolute Gasteiger partial charge is 0.416 e. The summed E-state index contributed by atoms with van der Waals surface area (Å²) >= 11 is 0. The zero-order chi connectivity index (χ0) is 13.5. The highest BCUT2D eigenvalue weighted by Crippen LogP contribution is 2.59. The summed E-state index contributed by atoms with van der Waals surface area (Å²) in [5.74, 6) is 0. The van der Waals surface area contributed by atoms with Crippen LogP contribution in [0.4, 0.5) is 13.2 Å². The number of halogens is 3. The van der Waals surface area contributed by atoms with Gasteiger partial charge in [-0.2, -0.15) is 13.2 Å². The van der Waals surface area contributed by atoms with E-state index in [1.165, 1.54) is 56.0 Å². The third kappa shape index (κ3) is 2.67. The van der Waals surface area contributed by atoms with E-state index in [9.17, 15) is 13.2 Å². The van der Waals surface area contributed by atoms with Crippen molar-refractivity contribution in [3.63, 3.8) is 0 Å². The van der Waals surface area contributed by atoms with Gasteiger partial charge in [-0.3, -0.25) is 0 Å². The van der Waals surface area contributed by atoms with Crippen LogP contribution in [0.25, 0.3) is 0 Å². The molecule has 19 heavy (non-hydrogen) atoms. The molecule has 2 unspecified atom stereocenters. The second kappa shape index (κ2) is 5.09. The summed E-state index contributed by atoms with van der Waals surface area (Å²) in [7, 11) is -0.220. The zero-order valence-corrected chi connectivity index (χ0v) is 11.7. The van der Waals surface area contributed by atoms with Crippen LogP contribution in [-0.4, -0.2) is 11.3 Å². The molecular weight excluding hydrogens is 268 g/mol. The molecule has 2 atom stereocenters. The molecule has 0 aromatic heterocycles. The monoisotopic (exact) mass is 286 g/mol. The highest BCUT2D eigenvalue weighted by atomic mass is 31.1. The maximum absolute atomic E-state index is 12.6. The van der Waals surface area contributed by atoms with Crippen molar-refractivity contribution >= 4 is 13.2 Å². The average Bonchev–Trinajstić information content (AvgIpc) is 2.62. The molecule has 104 valence electrons. The van der Waals surface area contributed by atoms with Crippen LogP contribution in [0.3, 0.4) is 0 Å². The smallest absolute Gasteiger partial charge is 0.166 e.